The fraction of sp³-hybridized carbons (Fsp3) is 0.250. The van der Waals surface area contributed by atoms with Crippen LogP contribution < -0.4 is 10.1 Å². The van der Waals surface area contributed by atoms with Crippen LogP contribution in [0.5, 0.6) is 5.75 Å². The number of fused-ring (bicyclic) bond motifs is 2. The lowest BCUT2D eigenvalue weighted by Gasteiger charge is -2.18. The van der Waals surface area contributed by atoms with Crippen molar-refractivity contribution in [3.05, 3.63) is 60.2 Å². The molecule has 3 aromatic carbocycles. The Morgan fingerprint density at radius 3 is 2.55 bits per heavy atom. The molecule has 0 aliphatic heterocycles. The van der Waals surface area contributed by atoms with E-state index in [0.29, 0.717) is 46.4 Å². The topological polar surface area (TPSA) is 88.6 Å². The van der Waals surface area contributed by atoms with Crippen LogP contribution >= 0.6 is 11.3 Å². The number of ether oxygens (including phenoxy) is 1. The Balaban J connectivity index is 1.69. The lowest BCUT2D eigenvalue weighted by atomic mass is 10.0. The van der Waals surface area contributed by atoms with Gasteiger partial charge in [0.05, 0.1) is 27.3 Å². The number of carbonyl (C=O) groups is 1. The van der Waals surface area contributed by atoms with Gasteiger partial charge in [0, 0.05) is 13.1 Å². The largest absolute Gasteiger partial charge is 0.493 e. The van der Waals surface area contributed by atoms with Gasteiger partial charge in [0.25, 0.3) is 5.91 Å². The maximum Gasteiger partial charge on any atom is 0.261 e. The first kappa shape index (κ1) is 23.2. The number of carbonyl (C=O) groups excluding carboxylic acids is 1. The minimum Gasteiger partial charge on any atom is -0.493 e. The molecule has 9 heteroatoms. The first-order valence-electron chi connectivity index (χ1n) is 10.8. The molecule has 7 nitrogen and oxygen atoms in total. The monoisotopic (exact) mass is 483 g/mol. The number of nitrogens with zero attached hydrogens (tertiary/aromatic N) is 2. The van der Waals surface area contributed by atoms with Gasteiger partial charge in [0.15, 0.2) is 5.13 Å². The van der Waals surface area contributed by atoms with Crippen LogP contribution in [0.3, 0.4) is 0 Å². The van der Waals surface area contributed by atoms with Crippen molar-refractivity contribution in [1.82, 2.24) is 9.29 Å². The van der Waals surface area contributed by atoms with Crippen molar-refractivity contribution < 1.29 is 17.9 Å². The van der Waals surface area contributed by atoms with Crippen molar-refractivity contribution in [2.24, 2.45) is 0 Å². The third-order valence-corrected chi connectivity index (χ3v) is 8.32. The summed E-state index contributed by atoms with van der Waals surface area (Å²) in [4.78, 5) is 18.0. The maximum atomic E-state index is 13.3. The molecule has 0 saturated carbocycles. The van der Waals surface area contributed by atoms with Crippen molar-refractivity contribution in [2.45, 2.75) is 25.7 Å². The molecule has 0 fully saturated rings. The number of rotatable bonds is 8. The summed E-state index contributed by atoms with van der Waals surface area (Å²) in [6.07, 6.45) is 0. The van der Waals surface area contributed by atoms with Gasteiger partial charge in [-0.25, -0.2) is 13.4 Å². The summed E-state index contributed by atoms with van der Waals surface area (Å²) >= 11 is 1.24. The van der Waals surface area contributed by atoms with E-state index in [9.17, 15) is 13.2 Å². The number of hydrogen-bond donors (Lipinski definition) is 1. The van der Waals surface area contributed by atoms with Crippen LogP contribution in [0.25, 0.3) is 21.0 Å². The van der Waals surface area contributed by atoms with Crippen LogP contribution in [0.4, 0.5) is 5.13 Å². The fourth-order valence-corrected chi connectivity index (χ4v) is 6.21. The van der Waals surface area contributed by atoms with E-state index in [0.717, 1.165) is 10.8 Å². The lowest BCUT2D eigenvalue weighted by molar-refractivity contribution is 0.102. The Kier molecular flexibility index (Phi) is 6.64. The molecule has 4 rings (SSSR count). The van der Waals surface area contributed by atoms with Crippen molar-refractivity contribution in [3.8, 4) is 5.75 Å². The van der Waals surface area contributed by atoms with E-state index < -0.39 is 10.0 Å². The van der Waals surface area contributed by atoms with Gasteiger partial charge in [-0.1, -0.05) is 55.5 Å². The van der Waals surface area contributed by atoms with Gasteiger partial charge >= 0.3 is 0 Å². The van der Waals surface area contributed by atoms with Crippen molar-refractivity contribution in [2.75, 3.05) is 25.0 Å². The second-order valence-corrected chi connectivity index (χ2v) is 10.3. The fourth-order valence-electron chi connectivity index (χ4n) is 3.75. The van der Waals surface area contributed by atoms with E-state index in [2.05, 4.69) is 10.3 Å². The number of nitrogens with one attached hydrogen (secondary N) is 1. The Hall–Kier alpha value is -3.01. The standard InChI is InChI=1S/C24H25N3O4S2/c1-4-27(5-2)33(29,30)17-12-13-19-21(15-17)32-24(25-19)26-23(28)22-18-10-8-7-9-16(18)11-14-20(22)31-6-3/h7-15H,4-6H2,1-3H3,(H,25,26,28). The Bertz CT molecular complexity index is 1430. The number of thiazole rings is 1. The molecule has 0 bridgehead atoms. The van der Waals surface area contributed by atoms with E-state index in [1.165, 1.54) is 15.6 Å². The van der Waals surface area contributed by atoms with Gasteiger partial charge in [0.1, 0.15) is 5.75 Å². The Labute approximate surface area is 197 Å². The molecule has 1 amide bonds. The molecule has 1 heterocycles. The molecule has 33 heavy (non-hydrogen) atoms. The quantitative estimate of drug-likeness (QED) is 0.375. The Morgan fingerprint density at radius 1 is 1.06 bits per heavy atom. The SMILES string of the molecule is CCOc1ccc2ccccc2c1C(=O)Nc1nc2ccc(S(=O)(=O)N(CC)CC)cc2s1. The number of sulfonamides is 1. The van der Waals surface area contributed by atoms with E-state index in [1.54, 1.807) is 24.3 Å². The molecule has 0 spiro atoms. The van der Waals surface area contributed by atoms with Gasteiger partial charge in [0.2, 0.25) is 10.0 Å². The summed E-state index contributed by atoms with van der Waals surface area (Å²) in [5, 5.41) is 4.98. The summed E-state index contributed by atoms with van der Waals surface area (Å²) < 4.78 is 33.5. The van der Waals surface area contributed by atoms with Crippen molar-refractivity contribution in [3.63, 3.8) is 0 Å². The zero-order valence-electron chi connectivity index (χ0n) is 18.7. The highest BCUT2D eigenvalue weighted by Crippen LogP contribution is 2.32. The van der Waals surface area contributed by atoms with E-state index in [-0.39, 0.29) is 10.8 Å². The number of anilines is 1. The lowest BCUT2D eigenvalue weighted by Crippen LogP contribution is -2.30. The van der Waals surface area contributed by atoms with Gasteiger partial charge in [-0.2, -0.15) is 4.31 Å². The average Bonchev–Trinajstić information content (AvgIpc) is 3.21. The Morgan fingerprint density at radius 2 is 1.82 bits per heavy atom. The third-order valence-electron chi connectivity index (χ3n) is 5.34. The van der Waals surface area contributed by atoms with Crippen LogP contribution in [-0.4, -0.2) is 43.3 Å². The molecule has 0 aliphatic carbocycles. The van der Waals surface area contributed by atoms with E-state index >= 15 is 0 Å². The van der Waals surface area contributed by atoms with Crippen molar-refractivity contribution >= 4 is 53.4 Å². The second-order valence-electron chi connectivity index (χ2n) is 7.28. The number of benzene rings is 3. The normalized spacial score (nSPS) is 11.9. The maximum absolute atomic E-state index is 13.3. The van der Waals surface area contributed by atoms with Crippen LogP contribution in [0.1, 0.15) is 31.1 Å². The molecule has 1 N–H and O–H groups in total. The van der Waals surface area contributed by atoms with Crippen LogP contribution in [0.15, 0.2) is 59.5 Å². The highest BCUT2D eigenvalue weighted by molar-refractivity contribution is 7.89. The highest BCUT2D eigenvalue weighted by atomic mass is 32.2. The number of aromatic nitrogens is 1. The van der Waals surface area contributed by atoms with Crippen LogP contribution in [0.2, 0.25) is 0 Å². The van der Waals surface area contributed by atoms with Crippen LogP contribution in [0, 0.1) is 0 Å². The van der Waals surface area contributed by atoms with E-state index in [1.807, 2.05) is 51.1 Å². The highest BCUT2D eigenvalue weighted by Gasteiger charge is 2.23. The smallest absolute Gasteiger partial charge is 0.261 e. The number of amides is 1. The molecule has 1 aromatic heterocycles. The molecule has 0 saturated heterocycles. The molecule has 4 aromatic rings. The molecular formula is C24H25N3O4S2. The van der Waals surface area contributed by atoms with Gasteiger partial charge in [-0.15, -0.1) is 0 Å². The first-order chi connectivity index (χ1) is 15.9. The molecule has 172 valence electrons. The van der Waals surface area contributed by atoms with Crippen molar-refractivity contribution in [1.29, 1.82) is 0 Å². The molecule has 0 atom stereocenters. The van der Waals surface area contributed by atoms with Crippen LogP contribution in [-0.2, 0) is 10.0 Å². The molecule has 0 radical (unpaired) electrons. The van der Waals surface area contributed by atoms with Gasteiger partial charge < -0.3 is 4.74 Å². The summed E-state index contributed by atoms with van der Waals surface area (Å²) in [6.45, 7) is 6.72. The average molecular weight is 484 g/mol. The zero-order valence-corrected chi connectivity index (χ0v) is 20.3. The summed E-state index contributed by atoms with van der Waals surface area (Å²) in [5.41, 5.74) is 1.07. The minimum atomic E-state index is -3.58. The number of hydrogen-bond acceptors (Lipinski definition) is 6. The molecule has 0 unspecified atom stereocenters. The predicted octanol–water partition coefficient (Wildman–Crippen LogP) is 5.13. The summed E-state index contributed by atoms with van der Waals surface area (Å²) in [5.74, 6) is 0.174. The second kappa shape index (κ2) is 9.46. The third kappa shape index (κ3) is 4.44. The van der Waals surface area contributed by atoms with Gasteiger partial charge in [-0.05, 0) is 42.0 Å². The predicted molar refractivity (Wildman–Crippen MR) is 133 cm³/mol. The summed E-state index contributed by atoms with van der Waals surface area (Å²) in [7, 11) is -3.58. The minimum absolute atomic E-state index is 0.216. The molecular weight excluding hydrogens is 458 g/mol. The zero-order chi connectivity index (χ0) is 23.6. The first-order valence-corrected chi connectivity index (χ1v) is 13.0. The summed E-state index contributed by atoms with van der Waals surface area (Å²) in [6, 6.07) is 16.2. The van der Waals surface area contributed by atoms with Gasteiger partial charge in [-0.3, -0.25) is 10.1 Å². The van der Waals surface area contributed by atoms with E-state index in [4.69, 9.17) is 4.74 Å². The molecule has 0 aliphatic rings.